The Labute approximate surface area is 265 Å². The van der Waals surface area contributed by atoms with E-state index in [1.807, 2.05) is 0 Å². The van der Waals surface area contributed by atoms with Gasteiger partial charge in [-0.1, -0.05) is 81.7 Å². The first-order valence-corrected chi connectivity index (χ1v) is 16.5. The topological polar surface area (TPSA) is 142 Å². The molecule has 2 atom stereocenters. The molecule has 0 saturated heterocycles. The zero-order valence-corrected chi connectivity index (χ0v) is 27.1. The van der Waals surface area contributed by atoms with Gasteiger partial charge in [-0.25, -0.2) is 4.79 Å². The zero-order chi connectivity index (χ0) is 32.7. The van der Waals surface area contributed by atoms with Crippen LogP contribution in [0.4, 0.5) is 0 Å². The molecule has 250 valence electrons. The van der Waals surface area contributed by atoms with Crippen LogP contribution in [0.2, 0.25) is 0 Å². The predicted molar refractivity (Wildman–Crippen MR) is 176 cm³/mol. The first kappa shape index (κ1) is 40.8. The van der Waals surface area contributed by atoms with E-state index in [1.165, 1.54) is 0 Å². The summed E-state index contributed by atoms with van der Waals surface area (Å²) in [5.41, 5.74) is 0. The maximum absolute atomic E-state index is 12.5. The summed E-state index contributed by atoms with van der Waals surface area (Å²) >= 11 is 0. The average molecular weight is 619 g/mol. The number of carboxylic acids is 1. The highest BCUT2D eigenvalue weighted by atomic mass is 16.5. The highest BCUT2D eigenvalue weighted by Gasteiger charge is 2.19. The Morgan fingerprint density at radius 3 is 1.89 bits per heavy atom. The molecule has 0 saturated carbocycles. The summed E-state index contributed by atoms with van der Waals surface area (Å²) in [5, 5.41) is 22.4. The fourth-order valence-electron chi connectivity index (χ4n) is 4.29. The Bertz CT molecular complexity index is 896. The number of aliphatic hydroxyl groups is 1. The van der Waals surface area contributed by atoms with E-state index >= 15 is 0 Å². The minimum Gasteiger partial charge on any atom is -0.480 e. The normalized spacial score (nSPS) is 13.2. The number of aliphatic hydroxyl groups excluding tert-OH is 1. The van der Waals surface area contributed by atoms with Crippen molar-refractivity contribution in [3.8, 4) is 0 Å². The van der Waals surface area contributed by atoms with Crippen LogP contribution in [0.3, 0.4) is 0 Å². The van der Waals surface area contributed by atoms with Gasteiger partial charge in [-0.15, -0.1) is 0 Å². The van der Waals surface area contributed by atoms with Crippen molar-refractivity contribution in [2.45, 2.75) is 135 Å². The molecule has 0 rings (SSSR count). The summed E-state index contributed by atoms with van der Waals surface area (Å²) in [5.74, 6) is -2.46. The van der Waals surface area contributed by atoms with E-state index in [9.17, 15) is 19.2 Å². The van der Waals surface area contributed by atoms with Gasteiger partial charge >= 0.3 is 11.9 Å². The fourth-order valence-corrected chi connectivity index (χ4v) is 4.29. The maximum Gasteiger partial charge on any atom is 0.328 e. The molecule has 0 bridgehead atoms. The van der Waals surface area contributed by atoms with Gasteiger partial charge < -0.3 is 25.6 Å². The van der Waals surface area contributed by atoms with Crippen molar-refractivity contribution in [3.63, 3.8) is 0 Å². The predicted octanol–water partition coefficient (Wildman–Crippen LogP) is 6.47. The van der Waals surface area contributed by atoms with Crippen molar-refractivity contribution in [2.24, 2.45) is 0 Å². The molecular formula is C35H58N2O7. The molecule has 2 amide bonds. The Morgan fingerprint density at radius 1 is 0.705 bits per heavy atom. The van der Waals surface area contributed by atoms with Crippen LogP contribution in [0.5, 0.6) is 0 Å². The first-order valence-electron chi connectivity index (χ1n) is 16.5. The maximum atomic E-state index is 12.5. The quantitative estimate of drug-likeness (QED) is 0.0447. The number of hydrogen-bond donors (Lipinski definition) is 4. The van der Waals surface area contributed by atoms with Crippen LogP contribution in [0.25, 0.3) is 0 Å². The molecule has 0 aliphatic rings. The summed E-state index contributed by atoms with van der Waals surface area (Å²) in [4.78, 5) is 47.0. The first-order chi connectivity index (χ1) is 21.3. The van der Waals surface area contributed by atoms with Crippen molar-refractivity contribution in [1.29, 1.82) is 0 Å². The smallest absolute Gasteiger partial charge is 0.328 e. The van der Waals surface area contributed by atoms with Crippen molar-refractivity contribution < 1.29 is 34.1 Å². The number of carbonyl (C=O) groups is 4. The summed E-state index contributed by atoms with van der Waals surface area (Å²) < 4.78 is 5.81. The molecule has 0 aliphatic carbocycles. The highest BCUT2D eigenvalue weighted by molar-refractivity contribution is 5.87. The molecule has 0 spiro atoms. The number of carboxylic acid groups (broad SMARTS) is 1. The molecule has 0 aromatic carbocycles. The van der Waals surface area contributed by atoms with Crippen LogP contribution in [0.1, 0.15) is 123 Å². The van der Waals surface area contributed by atoms with Crippen molar-refractivity contribution in [3.05, 3.63) is 48.6 Å². The van der Waals surface area contributed by atoms with Gasteiger partial charge in [0.05, 0.1) is 13.2 Å². The number of aliphatic carboxylic acids is 1. The molecule has 0 aliphatic heterocycles. The molecule has 2 unspecified atom stereocenters. The lowest BCUT2D eigenvalue weighted by Gasteiger charge is -2.18. The Balaban J connectivity index is 4.12. The van der Waals surface area contributed by atoms with Crippen LogP contribution >= 0.6 is 0 Å². The standard InChI is InChI=1S/C35H58N2O7/c1-3-5-7-8-9-10-11-12-13-14-15-16-17-18-23-27-34(41)44-30(24-20-6-4-2)25-21-19-22-26-32(39)36-28-33(40)37-31(29-38)35(42)43/h5,7,9-10,12-13,15-16,30-31,38H,3-4,6,8,11,14,17-29H2,1-2H3,(H,36,39)(H,37,40)(H,42,43)/b7-5-,10-9-,13-12-,16-15-. The Kier molecular flexibility index (Phi) is 27.7. The second-order valence-electron chi connectivity index (χ2n) is 10.9. The number of amides is 2. The van der Waals surface area contributed by atoms with E-state index in [0.29, 0.717) is 12.8 Å². The van der Waals surface area contributed by atoms with Crippen molar-refractivity contribution >= 4 is 23.8 Å². The molecule has 4 N–H and O–H groups in total. The van der Waals surface area contributed by atoms with Gasteiger partial charge in [-0.2, -0.15) is 0 Å². The lowest BCUT2D eigenvalue weighted by atomic mass is 10.0. The van der Waals surface area contributed by atoms with Gasteiger partial charge in [-0.3, -0.25) is 14.4 Å². The van der Waals surface area contributed by atoms with Crippen molar-refractivity contribution in [1.82, 2.24) is 10.6 Å². The Hall–Kier alpha value is -3.20. The van der Waals surface area contributed by atoms with Gasteiger partial charge in [0.2, 0.25) is 11.8 Å². The van der Waals surface area contributed by atoms with Gasteiger partial charge in [0.15, 0.2) is 0 Å². The summed E-state index contributed by atoms with van der Waals surface area (Å²) in [6.45, 7) is 3.21. The molecule has 0 heterocycles. The second-order valence-corrected chi connectivity index (χ2v) is 10.9. The molecule has 0 aromatic heterocycles. The van der Waals surface area contributed by atoms with Gasteiger partial charge in [0, 0.05) is 12.8 Å². The number of unbranched alkanes of at least 4 members (excludes halogenated alkanes) is 6. The van der Waals surface area contributed by atoms with E-state index in [4.69, 9.17) is 14.9 Å². The molecule has 0 fully saturated rings. The number of nitrogens with one attached hydrogen (secondary N) is 2. The third-order valence-electron chi connectivity index (χ3n) is 6.84. The minimum atomic E-state index is -1.39. The number of esters is 1. The monoisotopic (exact) mass is 618 g/mol. The second kappa shape index (κ2) is 29.9. The number of hydrogen-bond acceptors (Lipinski definition) is 6. The molecule has 44 heavy (non-hydrogen) atoms. The van der Waals surface area contributed by atoms with Crippen LogP contribution in [0, 0.1) is 0 Å². The lowest BCUT2D eigenvalue weighted by Crippen LogP contribution is -2.47. The summed E-state index contributed by atoms with van der Waals surface area (Å²) in [6.07, 6.45) is 31.8. The molecule has 0 radical (unpaired) electrons. The molecule has 9 heteroatoms. The van der Waals surface area contributed by atoms with E-state index in [0.717, 1.165) is 89.9 Å². The third-order valence-corrected chi connectivity index (χ3v) is 6.84. The number of carbonyl (C=O) groups excluding carboxylic acids is 3. The van der Waals surface area contributed by atoms with Crippen molar-refractivity contribution in [2.75, 3.05) is 13.2 Å². The number of allylic oxidation sites excluding steroid dienone is 8. The number of rotatable bonds is 28. The Morgan fingerprint density at radius 2 is 1.30 bits per heavy atom. The fraction of sp³-hybridized carbons (Fsp3) is 0.657. The molecule has 0 aromatic rings. The van der Waals surface area contributed by atoms with E-state index in [-0.39, 0.29) is 30.9 Å². The van der Waals surface area contributed by atoms with Crippen LogP contribution in [0.15, 0.2) is 48.6 Å². The third kappa shape index (κ3) is 26.4. The summed E-state index contributed by atoms with van der Waals surface area (Å²) in [6, 6.07) is -1.39. The van der Waals surface area contributed by atoms with Gasteiger partial charge in [0.1, 0.15) is 12.1 Å². The van der Waals surface area contributed by atoms with Gasteiger partial charge in [-0.05, 0) is 77.0 Å². The van der Waals surface area contributed by atoms with Crippen LogP contribution in [-0.4, -0.2) is 59.3 Å². The van der Waals surface area contributed by atoms with Crippen LogP contribution < -0.4 is 10.6 Å². The van der Waals surface area contributed by atoms with E-state index in [2.05, 4.69) is 73.1 Å². The minimum absolute atomic E-state index is 0.102. The SMILES string of the molecule is CC/C=C\C/C=C\C/C=C\C/C=C\CCCCC(=O)OC(CCCCC)CCCCCC(=O)NCC(=O)NC(CO)C(=O)O. The van der Waals surface area contributed by atoms with E-state index < -0.39 is 24.5 Å². The average Bonchev–Trinajstić information content (AvgIpc) is 3.00. The summed E-state index contributed by atoms with van der Waals surface area (Å²) in [7, 11) is 0. The van der Waals surface area contributed by atoms with Crippen LogP contribution in [-0.2, 0) is 23.9 Å². The lowest BCUT2D eigenvalue weighted by molar-refractivity contribution is -0.150. The zero-order valence-electron chi connectivity index (χ0n) is 27.1. The molecular weight excluding hydrogens is 560 g/mol. The van der Waals surface area contributed by atoms with E-state index in [1.54, 1.807) is 0 Å². The highest BCUT2D eigenvalue weighted by Crippen LogP contribution is 2.16. The number of ether oxygens (including phenoxy) is 1. The van der Waals surface area contributed by atoms with Gasteiger partial charge in [0.25, 0.3) is 0 Å². The largest absolute Gasteiger partial charge is 0.480 e. The molecule has 9 nitrogen and oxygen atoms in total.